The van der Waals surface area contributed by atoms with E-state index in [1.807, 2.05) is 0 Å². The summed E-state index contributed by atoms with van der Waals surface area (Å²) in [5, 5.41) is 0.886. The molecule has 0 unspecified atom stereocenters. The highest BCUT2D eigenvalue weighted by molar-refractivity contribution is 9.10. The smallest absolute Gasteiger partial charge is 0.218 e. The molecular weight excluding hydrogens is 314 g/mol. The first-order valence-corrected chi connectivity index (χ1v) is 6.98. The molecule has 0 aromatic heterocycles. The summed E-state index contributed by atoms with van der Waals surface area (Å²) in [5.74, 6) is -3.41. The van der Waals surface area contributed by atoms with Crippen LogP contribution in [0.2, 0.25) is 0 Å². The monoisotopic (exact) mass is 320 g/mol. The van der Waals surface area contributed by atoms with Gasteiger partial charge in [0.1, 0.15) is 0 Å². The first-order valence-electron chi connectivity index (χ1n) is 4.64. The zero-order valence-corrected chi connectivity index (χ0v) is 10.8. The fourth-order valence-electron chi connectivity index (χ4n) is 1.58. The summed E-state index contributed by atoms with van der Waals surface area (Å²) in [6, 6.07) is 9.15. The quantitative estimate of drug-likeness (QED) is 0.847. The third-order valence-corrected chi connectivity index (χ3v) is 4.50. The molecular formula is C11H7BrF2O2S. The van der Waals surface area contributed by atoms with Crippen LogP contribution in [0.15, 0.2) is 45.8 Å². The van der Waals surface area contributed by atoms with Crippen molar-refractivity contribution in [2.24, 2.45) is 0 Å². The highest BCUT2D eigenvalue weighted by Crippen LogP contribution is 2.31. The van der Waals surface area contributed by atoms with E-state index in [-0.39, 0.29) is 4.90 Å². The van der Waals surface area contributed by atoms with Crippen LogP contribution in [-0.2, 0) is 9.84 Å². The Morgan fingerprint density at radius 2 is 1.59 bits per heavy atom. The molecule has 6 heteroatoms. The number of hydrogen-bond acceptors (Lipinski definition) is 2. The number of hydrogen-bond donors (Lipinski definition) is 0. The van der Waals surface area contributed by atoms with Crippen molar-refractivity contribution < 1.29 is 17.2 Å². The molecule has 0 fully saturated rings. The molecule has 2 aromatic rings. The molecule has 0 heterocycles. The average molecular weight is 321 g/mol. The summed E-state index contributed by atoms with van der Waals surface area (Å²) in [4.78, 5) is -0.341. The third kappa shape index (κ3) is 2.07. The molecule has 0 aliphatic carbocycles. The number of halogens is 3. The number of fused-ring (bicyclic) bond motifs is 1. The van der Waals surface area contributed by atoms with Gasteiger partial charge in [-0.25, -0.2) is 8.42 Å². The van der Waals surface area contributed by atoms with Crippen LogP contribution in [0.1, 0.15) is 0 Å². The molecule has 2 rings (SSSR count). The van der Waals surface area contributed by atoms with E-state index in [1.165, 1.54) is 18.2 Å². The highest BCUT2D eigenvalue weighted by Gasteiger charge is 2.28. The predicted octanol–water partition coefficient (Wildman–Crippen LogP) is 3.60. The maximum absolute atomic E-state index is 12.5. The molecule has 0 bridgehead atoms. The molecule has 2 nitrogen and oxygen atoms in total. The standard InChI is InChI=1S/C11H7BrF2O2S/c12-9-5-6-10(17(15,16)11(13)14)8-4-2-1-3-7(8)9/h1-6,11H. The molecule has 2 aromatic carbocycles. The van der Waals surface area contributed by atoms with Gasteiger partial charge in [0.2, 0.25) is 9.84 Å². The van der Waals surface area contributed by atoms with Crippen LogP contribution in [0.4, 0.5) is 8.78 Å². The summed E-state index contributed by atoms with van der Waals surface area (Å²) < 4.78 is 48.7. The SMILES string of the molecule is O=S(=O)(c1ccc(Br)c2ccccc12)C(F)F. The van der Waals surface area contributed by atoms with Crippen molar-refractivity contribution in [2.75, 3.05) is 0 Å². The van der Waals surface area contributed by atoms with E-state index >= 15 is 0 Å². The van der Waals surface area contributed by atoms with Crippen molar-refractivity contribution in [1.29, 1.82) is 0 Å². The molecule has 0 atom stereocenters. The minimum absolute atomic E-state index is 0.294. The van der Waals surface area contributed by atoms with E-state index in [1.54, 1.807) is 18.2 Å². The van der Waals surface area contributed by atoms with Gasteiger partial charge in [-0.1, -0.05) is 40.2 Å². The zero-order chi connectivity index (χ0) is 12.6. The summed E-state index contributed by atoms with van der Waals surface area (Å²) in [7, 11) is -4.57. The lowest BCUT2D eigenvalue weighted by molar-refractivity contribution is 0.235. The first kappa shape index (κ1) is 12.4. The van der Waals surface area contributed by atoms with Crippen molar-refractivity contribution in [3.05, 3.63) is 40.9 Å². The number of alkyl halides is 2. The minimum Gasteiger partial charge on any atom is -0.218 e. The van der Waals surface area contributed by atoms with E-state index in [0.717, 1.165) is 0 Å². The molecule has 0 saturated heterocycles. The lowest BCUT2D eigenvalue weighted by Crippen LogP contribution is -2.11. The summed E-state index contributed by atoms with van der Waals surface area (Å²) in [5.41, 5.74) is 0. The average Bonchev–Trinajstić information content (AvgIpc) is 2.29. The van der Waals surface area contributed by atoms with Crippen LogP contribution in [0.25, 0.3) is 10.8 Å². The topological polar surface area (TPSA) is 34.1 Å². The Hall–Kier alpha value is -1.01. The van der Waals surface area contributed by atoms with Gasteiger partial charge in [-0.05, 0) is 17.5 Å². The van der Waals surface area contributed by atoms with Gasteiger partial charge in [0, 0.05) is 9.86 Å². The van der Waals surface area contributed by atoms with E-state index in [9.17, 15) is 17.2 Å². The minimum atomic E-state index is -4.57. The van der Waals surface area contributed by atoms with Gasteiger partial charge in [0.25, 0.3) is 0 Å². The fraction of sp³-hybridized carbons (Fsp3) is 0.0909. The lowest BCUT2D eigenvalue weighted by Gasteiger charge is -2.08. The van der Waals surface area contributed by atoms with Gasteiger partial charge >= 0.3 is 5.76 Å². The van der Waals surface area contributed by atoms with E-state index in [2.05, 4.69) is 15.9 Å². The maximum atomic E-state index is 12.5. The van der Waals surface area contributed by atoms with Crippen molar-refractivity contribution in [3.8, 4) is 0 Å². The number of benzene rings is 2. The van der Waals surface area contributed by atoms with E-state index in [0.29, 0.717) is 15.2 Å². The second-order valence-electron chi connectivity index (χ2n) is 3.40. The zero-order valence-electron chi connectivity index (χ0n) is 8.40. The first-order chi connectivity index (χ1) is 7.94. The highest BCUT2D eigenvalue weighted by atomic mass is 79.9. The van der Waals surface area contributed by atoms with Crippen LogP contribution in [0.5, 0.6) is 0 Å². The van der Waals surface area contributed by atoms with Crippen LogP contribution < -0.4 is 0 Å². The Balaban J connectivity index is 2.86. The fourth-order valence-corrected chi connectivity index (χ4v) is 2.99. The summed E-state index contributed by atoms with van der Waals surface area (Å²) in [6.45, 7) is 0. The van der Waals surface area contributed by atoms with Gasteiger partial charge in [-0.15, -0.1) is 0 Å². The Bertz CT molecular complexity index is 668. The number of rotatable bonds is 2. The lowest BCUT2D eigenvalue weighted by atomic mass is 10.1. The molecule has 0 aliphatic heterocycles. The second-order valence-corrected chi connectivity index (χ2v) is 6.14. The van der Waals surface area contributed by atoms with E-state index < -0.39 is 15.6 Å². The van der Waals surface area contributed by atoms with Gasteiger partial charge < -0.3 is 0 Å². The van der Waals surface area contributed by atoms with Crippen molar-refractivity contribution >= 4 is 36.5 Å². The Morgan fingerprint density at radius 1 is 1.00 bits per heavy atom. The van der Waals surface area contributed by atoms with Gasteiger partial charge in [-0.2, -0.15) is 8.78 Å². The van der Waals surface area contributed by atoms with Crippen molar-refractivity contribution in [1.82, 2.24) is 0 Å². The molecule has 0 radical (unpaired) electrons. The van der Waals surface area contributed by atoms with Gasteiger partial charge in [-0.3, -0.25) is 0 Å². The van der Waals surface area contributed by atoms with Crippen LogP contribution >= 0.6 is 15.9 Å². The van der Waals surface area contributed by atoms with Crippen molar-refractivity contribution in [2.45, 2.75) is 10.7 Å². The predicted molar refractivity (Wildman–Crippen MR) is 64.8 cm³/mol. The van der Waals surface area contributed by atoms with Crippen LogP contribution in [-0.4, -0.2) is 14.2 Å². The molecule has 0 spiro atoms. The van der Waals surface area contributed by atoms with Crippen molar-refractivity contribution in [3.63, 3.8) is 0 Å². The molecule has 0 aliphatic rings. The normalized spacial score (nSPS) is 12.2. The summed E-state index contributed by atoms with van der Waals surface area (Å²) in [6.07, 6.45) is 0. The van der Waals surface area contributed by atoms with E-state index in [4.69, 9.17) is 0 Å². The third-order valence-electron chi connectivity index (χ3n) is 2.37. The second kappa shape index (κ2) is 4.34. The molecule has 0 amide bonds. The van der Waals surface area contributed by atoms with Crippen LogP contribution in [0, 0.1) is 0 Å². The number of sulfone groups is 1. The summed E-state index contributed by atoms with van der Waals surface area (Å²) >= 11 is 3.25. The maximum Gasteiger partial charge on any atom is 0.341 e. The molecule has 0 N–H and O–H groups in total. The largest absolute Gasteiger partial charge is 0.341 e. The Morgan fingerprint density at radius 3 is 2.18 bits per heavy atom. The molecule has 0 saturated carbocycles. The Kier molecular flexibility index (Phi) is 3.18. The van der Waals surface area contributed by atoms with Crippen LogP contribution in [0.3, 0.4) is 0 Å². The molecule has 17 heavy (non-hydrogen) atoms. The Labute approximate surface area is 105 Å². The van der Waals surface area contributed by atoms with Gasteiger partial charge in [0.15, 0.2) is 0 Å². The molecule has 90 valence electrons. The van der Waals surface area contributed by atoms with Gasteiger partial charge in [0.05, 0.1) is 4.90 Å².